The van der Waals surface area contributed by atoms with Crippen LogP contribution in [0.25, 0.3) is 0 Å². The first-order chi connectivity index (χ1) is 11.2. The van der Waals surface area contributed by atoms with Gasteiger partial charge in [-0.3, -0.25) is 14.4 Å². The van der Waals surface area contributed by atoms with E-state index in [4.69, 9.17) is 4.74 Å². The number of esters is 1. The molecule has 3 atom stereocenters. The van der Waals surface area contributed by atoms with Gasteiger partial charge in [-0.1, -0.05) is 25.5 Å². The Bertz CT molecular complexity index is 735. The van der Waals surface area contributed by atoms with Gasteiger partial charge in [-0.2, -0.15) is 0 Å². The first-order valence-electron chi connectivity index (χ1n) is 8.51. The van der Waals surface area contributed by atoms with Gasteiger partial charge < -0.3 is 4.74 Å². The molecule has 1 saturated carbocycles. The molecular formula is C20H24O4. The SMILES string of the molecule is COC(=O)[C@]1(C)CCC[C@@]2(C)c3ccc(C(C)=O)cc3C(=O)C[C@H]12. The lowest BCUT2D eigenvalue weighted by atomic mass is 9.49. The summed E-state index contributed by atoms with van der Waals surface area (Å²) in [5.74, 6) is -0.321. The Morgan fingerprint density at radius 1 is 1.21 bits per heavy atom. The van der Waals surface area contributed by atoms with Crippen molar-refractivity contribution in [2.24, 2.45) is 11.3 Å². The fraction of sp³-hybridized carbons (Fsp3) is 0.550. The Kier molecular flexibility index (Phi) is 3.89. The van der Waals surface area contributed by atoms with E-state index in [0.717, 1.165) is 24.8 Å². The summed E-state index contributed by atoms with van der Waals surface area (Å²) in [7, 11) is 1.41. The summed E-state index contributed by atoms with van der Waals surface area (Å²) in [5.41, 5.74) is 1.29. The van der Waals surface area contributed by atoms with E-state index < -0.39 is 5.41 Å². The van der Waals surface area contributed by atoms with Gasteiger partial charge in [0, 0.05) is 17.5 Å². The molecule has 1 fully saturated rings. The van der Waals surface area contributed by atoms with Gasteiger partial charge in [-0.25, -0.2) is 0 Å². The van der Waals surface area contributed by atoms with Crippen molar-refractivity contribution in [3.8, 4) is 0 Å². The highest BCUT2D eigenvalue weighted by molar-refractivity contribution is 6.03. The third-order valence-corrected chi connectivity index (χ3v) is 6.31. The molecule has 0 amide bonds. The van der Waals surface area contributed by atoms with Gasteiger partial charge in [-0.05, 0) is 49.7 Å². The number of fused-ring (bicyclic) bond motifs is 3. The van der Waals surface area contributed by atoms with Crippen molar-refractivity contribution in [2.45, 2.75) is 51.9 Å². The van der Waals surface area contributed by atoms with Crippen LogP contribution in [0.15, 0.2) is 18.2 Å². The molecule has 0 aliphatic heterocycles. The summed E-state index contributed by atoms with van der Waals surface area (Å²) in [6, 6.07) is 5.44. The smallest absolute Gasteiger partial charge is 0.311 e. The van der Waals surface area contributed by atoms with Crippen LogP contribution in [-0.4, -0.2) is 24.6 Å². The molecule has 3 rings (SSSR count). The van der Waals surface area contributed by atoms with E-state index in [1.165, 1.54) is 14.0 Å². The third kappa shape index (κ3) is 2.23. The Labute approximate surface area is 142 Å². The number of ketones is 2. The Balaban J connectivity index is 2.15. The van der Waals surface area contributed by atoms with Crippen molar-refractivity contribution in [3.05, 3.63) is 34.9 Å². The maximum Gasteiger partial charge on any atom is 0.311 e. The molecule has 0 saturated heterocycles. The molecule has 0 aromatic heterocycles. The van der Waals surface area contributed by atoms with Crippen LogP contribution in [0.3, 0.4) is 0 Å². The van der Waals surface area contributed by atoms with Crippen molar-refractivity contribution in [1.29, 1.82) is 0 Å². The van der Waals surface area contributed by atoms with E-state index in [2.05, 4.69) is 6.92 Å². The normalized spacial score (nSPS) is 31.8. The molecule has 24 heavy (non-hydrogen) atoms. The molecule has 0 N–H and O–H groups in total. The molecule has 1 aromatic rings. The topological polar surface area (TPSA) is 60.4 Å². The quantitative estimate of drug-likeness (QED) is 0.613. The van der Waals surface area contributed by atoms with Crippen LogP contribution in [0.5, 0.6) is 0 Å². The highest BCUT2D eigenvalue weighted by Gasteiger charge is 2.57. The minimum absolute atomic E-state index is 0.0209. The molecule has 2 aliphatic rings. The summed E-state index contributed by atoms with van der Waals surface area (Å²) in [4.78, 5) is 36.9. The van der Waals surface area contributed by atoms with Gasteiger partial charge in [0.15, 0.2) is 11.6 Å². The van der Waals surface area contributed by atoms with E-state index in [1.54, 1.807) is 12.1 Å². The number of hydrogen-bond acceptors (Lipinski definition) is 4. The number of hydrogen-bond donors (Lipinski definition) is 0. The van der Waals surface area contributed by atoms with Crippen LogP contribution in [0.4, 0.5) is 0 Å². The van der Waals surface area contributed by atoms with Crippen LogP contribution in [0.1, 0.15) is 72.7 Å². The zero-order chi connectivity index (χ0) is 17.7. The fourth-order valence-electron chi connectivity index (χ4n) is 4.91. The summed E-state index contributed by atoms with van der Waals surface area (Å²) < 4.78 is 5.07. The number of carbonyl (C=O) groups is 3. The first kappa shape index (κ1) is 16.9. The average Bonchev–Trinajstić information content (AvgIpc) is 2.56. The minimum atomic E-state index is -0.644. The molecule has 0 unspecified atom stereocenters. The second-order valence-electron chi connectivity index (χ2n) is 7.68. The third-order valence-electron chi connectivity index (χ3n) is 6.31. The lowest BCUT2D eigenvalue weighted by Crippen LogP contribution is -2.53. The van der Waals surface area contributed by atoms with Crippen LogP contribution < -0.4 is 0 Å². The summed E-state index contributed by atoms with van der Waals surface area (Å²) in [6.07, 6.45) is 2.93. The zero-order valence-corrected chi connectivity index (χ0v) is 14.8. The predicted octanol–water partition coefficient (Wildman–Crippen LogP) is 3.71. The zero-order valence-electron chi connectivity index (χ0n) is 14.8. The number of rotatable bonds is 2. The van der Waals surface area contributed by atoms with Gasteiger partial charge in [0.2, 0.25) is 0 Å². The van der Waals surface area contributed by atoms with Gasteiger partial charge in [0.25, 0.3) is 0 Å². The van der Waals surface area contributed by atoms with Gasteiger partial charge in [-0.15, -0.1) is 0 Å². The standard InChI is InChI=1S/C20H24O4/c1-12(21)13-6-7-15-14(10-13)16(22)11-17-19(15,2)8-5-9-20(17,3)18(23)24-4/h6-7,10,17H,5,8-9,11H2,1-4H3/t17-,19-,20+/m0/s1. The van der Waals surface area contributed by atoms with Gasteiger partial charge in [0.1, 0.15) is 0 Å². The molecule has 4 heteroatoms. The van der Waals surface area contributed by atoms with Crippen molar-refractivity contribution < 1.29 is 19.1 Å². The highest BCUT2D eigenvalue weighted by Crippen LogP contribution is 2.57. The Morgan fingerprint density at radius 2 is 1.92 bits per heavy atom. The molecule has 0 spiro atoms. The average molecular weight is 328 g/mol. The number of methoxy groups -OCH3 is 1. The van der Waals surface area contributed by atoms with E-state index in [-0.39, 0.29) is 28.9 Å². The molecule has 4 nitrogen and oxygen atoms in total. The second kappa shape index (κ2) is 5.54. The molecule has 1 aromatic carbocycles. The summed E-state index contributed by atoms with van der Waals surface area (Å²) in [6.45, 7) is 5.59. The Morgan fingerprint density at radius 3 is 2.54 bits per heavy atom. The van der Waals surface area contributed by atoms with E-state index >= 15 is 0 Å². The molecule has 2 aliphatic carbocycles. The molecule has 128 valence electrons. The number of carbonyl (C=O) groups excluding carboxylic acids is 3. The maximum absolute atomic E-state index is 12.8. The Hall–Kier alpha value is -1.97. The first-order valence-corrected chi connectivity index (χ1v) is 8.51. The van der Waals surface area contributed by atoms with Gasteiger partial charge >= 0.3 is 5.97 Å². The van der Waals surface area contributed by atoms with Crippen molar-refractivity contribution in [1.82, 2.24) is 0 Å². The number of ether oxygens (including phenoxy) is 1. The summed E-state index contributed by atoms with van der Waals surface area (Å²) >= 11 is 0. The fourth-order valence-corrected chi connectivity index (χ4v) is 4.91. The second-order valence-corrected chi connectivity index (χ2v) is 7.68. The van der Waals surface area contributed by atoms with Crippen molar-refractivity contribution >= 4 is 17.5 Å². The minimum Gasteiger partial charge on any atom is -0.469 e. The van der Waals surface area contributed by atoms with Crippen LogP contribution >= 0.6 is 0 Å². The monoisotopic (exact) mass is 328 g/mol. The van der Waals surface area contributed by atoms with Crippen LogP contribution in [0, 0.1) is 11.3 Å². The van der Waals surface area contributed by atoms with E-state index in [1.807, 2.05) is 13.0 Å². The molecule has 0 heterocycles. The number of Topliss-reactive ketones (excluding diaryl/α,β-unsaturated/α-hetero) is 2. The number of benzene rings is 1. The molecule has 0 radical (unpaired) electrons. The van der Waals surface area contributed by atoms with Gasteiger partial charge in [0.05, 0.1) is 12.5 Å². The molecular weight excluding hydrogens is 304 g/mol. The van der Waals surface area contributed by atoms with E-state index in [9.17, 15) is 14.4 Å². The lowest BCUT2D eigenvalue weighted by Gasteiger charge is -2.53. The predicted molar refractivity (Wildman–Crippen MR) is 90.2 cm³/mol. The van der Waals surface area contributed by atoms with Crippen LogP contribution in [-0.2, 0) is 14.9 Å². The van der Waals surface area contributed by atoms with Crippen molar-refractivity contribution in [3.63, 3.8) is 0 Å². The van der Waals surface area contributed by atoms with E-state index in [0.29, 0.717) is 17.5 Å². The largest absolute Gasteiger partial charge is 0.469 e. The summed E-state index contributed by atoms with van der Waals surface area (Å²) in [5, 5.41) is 0. The van der Waals surface area contributed by atoms with Crippen molar-refractivity contribution in [2.75, 3.05) is 7.11 Å². The maximum atomic E-state index is 12.8. The van der Waals surface area contributed by atoms with Crippen LogP contribution in [0.2, 0.25) is 0 Å². The molecule has 0 bridgehead atoms. The lowest BCUT2D eigenvalue weighted by molar-refractivity contribution is -0.160. The highest BCUT2D eigenvalue weighted by atomic mass is 16.5.